The molecule has 1 aliphatic rings. The molecule has 0 unspecified atom stereocenters. The van der Waals surface area contributed by atoms with Crippen molar-refractivity contribution in [2.45, 2.75) is 50.0 Å². The summed E-state index contributed by atoms with van der Waals surface area (Å²) in [6, 6.07) is 12.1. The van der Waals surface area contributed by atoms with E-state index in [1.165, 1.54) is 18.7 Å². The molecule has 0 bridgehead atoms. The summed E-state index contributed by atoms with van der Waals surface area (Å²) in [5.74, 6) is 1.01. The number of anilines is 1. The minimum atomic E-state index is -3.36. The van der Waals surface area contributed by atoms with Crippen LogP contribution in [0.5, 0.6) is 11.5 Å². The predicted molar refractivity (Wildman–Crippen MR) is 138 cm³/mol. The number of fused-ring (bicyclic) bond motifs is 1. The Morgan fingerprint density at radius 3 is 2.64 bits per heavy atom. The maximum atomic E-state index is 12.6. The van der Waals surface area contributed by atoms with Crippen molar-refractivity contribution in [3.05, 3.63) is 72.2 Å². The number of aryl methyl sites for hydroxylation is 1. The van der Waals surface area contributed by atoms with Crippen molar-refractivity contribution in [2.24, 2.45) is 0 Å². The van der Waals surface area contributed by atoms with E-state index in [1.54, 1.807) is 30.6 Å². The van der Waals surface area contributed by atoms with Gasteiger partial charge in [-0.05, 0) is 74.6 Å². The second-order valence-electron chi connectivity index (χ2n) is 9.71. The van der Waals surface area contributed by atoms with E-state index < -0.39 is 9.84 Å². The Morgan fingerprint density at radius 2 is 1.94 bits per heavy atom. The first kappa shape index (κ1) is 24.0. The van der Waals surface area contributed by atoms with Gasteiger partial charge in [0.1, 0.15) is 11.5 Å². The van der Waals surface area contributed by atoms with E-state index in [0.29, 0.717) is 28.1 Å². The molecule has 2 aromatic heterocycles. The molecule has 2 heterocycles. The van der Waals surface area contributed by atoms with Crippen LogP contribution in [0.4, 0.5) is 5.69 Å². The largest absolute Gasteiger partial charge is 0.456 e. The number of nitrogens with zero attached hydrogens (tertiary/aromatic N) is 3. The lowest BCUT2D eigenvalue weighted by Crippen LogP contribution is -2.37. The Morgan fingerprint density at radius 1 is 1.14 bits per heavy atom. The van der Waals surface area contributed by atoms with E-state index in [4.69, 9.17) is 4.74 Å². The predicted octanol–water partition coefficient (Wildman–Crippen LogP) is 5.02. The van der Waals surface area contributed by atoms with E-state index in [-0.39, 0.29) is 22.8 Å². The number of rotatable bonds is 7. The maximum absolute atomic E-state index is 12.6. The highest BCUT2D eigenvalue weighted by Crippen LogP contribution is 2.38. The van der Waals surface area contributed by atoms with Crippen LogP contribution in [-0.4, -0.2) is 35.3 Å². The van der Waals surface area contributed by atoms with Gasteiger partial charge in [-0.1, -0.05) is 12.1 Å². The molecule has 1 amide bonds. The normalized spacial score (nSPS) is 14.9. The third kappa shape index (κ3) is 4.83. The van der Waals surface area contributed by atoms with Crippen LogP contribution < -0.4 is 10.1 Å². The molecule has 8 nitrogen and oxygen atoms in total. The van der Waals surface area contributed by atoms with Gasteiger partial charge in [-0.15, -0.1) is 0 Å². The topological polar surface area (TPSA) is 103 Å². The fraction of sp³-hybridized carbons (Fsp3) is 0.296. The van der Waals surface area contributed by atoms with Crippen LogP contribution in [0.3, 0.4) is 0 Å². The Balaban J connectivity index is 1.29. The smallest absolute Gasteiger partial charge is 0.228 e. The van der Waals surface area contributed by atoms with Crippen LogP contribution in [0.1, 0.15) is 37.3 Å². The third-order valence-electron chi connectivity index (χ3n) is 6.78. The number of hydrogen-bond acceptors (Lipinski definition) is 6. The molecule has 1 N–H and O–H groups in total. The number of carbonyl (C=O) groups is 1. The molecule has 1 saturated carbocycles. The number of aromatic nitrogens is 3. The summed E-state index contributed by atoms with van der Waals surface area (Å²) in [4.78, 5) is 17.2. The summed E-state index contributed by atoms with van der Waals surface area (Å²) in [5, 5.41) is 7.97. The highest BCUT2D eigenvalue weighted by atomic mass is 32.2. The molecule has 0 atom stereocenters. The summed E-state index contributed by atoms with van der Waals surface area (Å²) in [7, 11) is -3.36. The van der Waals surface area contributed by atoms with E-state index in [0.717, 1.165) is 24.0 Å². The number of ether oxygens (including phenoxy) is 1. The standard InChI is InChI=1S/C27H28N4O4S/c1-18-13-19(14-26(32)30-20-16-29-31(17-20)27(2)10-4-11-27)5-8-24(18)35-25-9-12-28-23-7-6-21(15-22(23)25)36(3,33)34/h5-9,12-13,15-17H,4,10-11,14H2,1-3H3,(H,30,32). The molecule has 5 rings (SSSR count). The molecular formula is C27H28N4O4S. The van der Waals surface area contributed by atoms with Crippen molar-refractivity contribution in [3.8, 4) is 11.5 Å². The molecule has 186 valence electrons. The van der Waals surface area contributed by atoms with Crippen molar-refractivity contribution < 1.29 is 17.9 Å². The van der Waals surface area contributed by atoms with Gasteiger partial charge in [0.25, 0.3) is 0 Å². The van der Waals surface area contributed by atoms with Gasteiger partial charge in [0, 0.05) is 24.0 Å². The fourth-order valence-electron chi connectivity index (χ4n) is 4.46. The minimum absolute atomic E-state index is 0.0580. The van der Waals surface area contributed by atoms with Gasteiger partial charge in [-0.2, -0.15) is 5.10 Å². The number of sulfone groups is 1. The van der Waals surface area contributed by atoms with Gasteiger partial charge in [-0.3, -0.25) is 14.5 Å². The molecule has 0 spiro atoms. The van der Waals surface area contributed by atoms with Crippen molar-refractivity contribution >= 4 is 32.3 Å². The number of amides is 1. The molecule has 1 fully saturated rings. The fourth-order valence-corrected chi connectivity index (χ4v) is 5.11. The Labute approximate surface area is 210 Å². The Bertz CT molecular complexity index is 1570. The molecular weight excluding hydrogens is 476 g/mol. The zero-order valence-electron chi connectivity index (χ0n) is 20.5. The van der Waals surface area contributed by atoms with Crippen LogP contribution in [0.2, 0.25) is 0 Å². The van der Waals surface area contributed by atoms with Crippen LogP contribution in [0.15, 0.2) is 66.0 Å². The minimum Gasteiger partial charge on any atom is -0.456 e. The lowest BCUT2D eigenvalue weighted by molar-refractivity contribution is -0.115. The SMILES string of the molecule is Cc1cc(CC(=O)Nc2cnn(C3(C)CCC3)c2)ccc1Oc1ccnc2ccc(S(C)(=O)=O)cc12. The van der Waals surface area contributed by atoms with Gasteiger partial charge >= 0.3 is 0 Å². The molecule has 0 radical (unpaired) electrons. The van der Waals surface area contributed by atoms with E-state index in [1.807, 2.05) is 36.0 Å². The molecule has 9 heteroatoms. The lowest BCUT2D eigenvalue weighted by atomic mass is 9.79. The third-order valence-corrected chi connectivity index (χ3v) is 7.89. The number of nitrogens with one attached hydrogen (secondary N) is 1. The molecule has 4 aromatic rings. The van der Waals surface area contributed by atoms with Crippen molar-refractivity contribution in [3.63, 3.8) is 0 Å². The van der Waals surface area contributed by atoms with Crippen LogP contribution >= 0.6 is 0 Å². The molecule has 0 aliphatic heterocycles. The number of benzene rings is 2. The average Bonchev–Trinajstić information content (AvgIpc) is 3.27. The Hall–Kier alpha value is -3.72. The van der Waals surface area contributed by atoms with E-state index >= 15 is 0 Å². The molecule has 36 heavy (non-hydrogen) atoms. The first-order valence-corrected chi connectivity index (χ1v) is 13.7. The van der Waals surface area contributed by atoms with Gasteiger partial charge in [0.15, 0.2) is 9.84 Å². The molecule has 1 aliphatic carbocycles. The zero-order valence-corrected chi connectivity index (χ0v) is 21.3. The van der Waals surface area contributed by atoms with E-state index in [2.05, 4.69) is 22.3 Å². The summed E-state index contributed by atoms with van der Waals surface area (Å²) in [6.45, 7) is 4.09. The average molecular weight is 505 g/mol. The van der Waals surface area contributed by atoms with Gasteiger partial charge in [0.2, 0.25) is 5.91 Å². The number of pyridine rings is 1. The van der Waals surface area contributed by atoms with Gasteiger partial charge in [-0.25, -0.2) is 8.42 Å². The van der Waals surface area contributed by atoms with E-state index in [9.17, 15) is 13.2 Å². The Kier molecular flexibility index (Phi) is 6.04. The summed E-state index contributed by atoms with van der Waals surface area (Å²) in [6.07, 6.45) is 10.0. The first-order valence-electron chi connectivity index (χ1n) is 11.8. The lowest BCUT2D eigenvalue weighted by Gasteiger charge is -2.38. The number of hydrogen-bond donors (Lipinski definition) is 1. The summed E-state index contributed by atoms with van der Waals surface area (Å²) >= 11 is 0. The molecule has 2 aromatic carbocycles. The monoisotopic (exact) mass is 504 g/mol. The zero-order chi connectivity index (χ0) is 25.5. The number of carbonyl (C=O) groups excluding carboxylic acids is 1. The van der Waals surface area contributed by atoms with Crippen LogP contribution in [-0.2, 0) is 26.6 Å². The first-order chi connectivity index (χ1) is 17.1. The summed E-state index contributed by atoms with van der Waals surface area (Å²) < 4.78 is 32.1. The van der Waals surface area contributed by atoms with Crippen molar-refractivity contribution in [1.82, 2.24) is 14.8 Å². The maximum Gasteiger partial charge on any atom is 0.228 e. The quantitative estimate of drug-likeness (QED) is 0.379. The second kappa shape index (κ2) is 9.05. The van der Waals surface area contributed by atoms with Gasteiger partial charge in [0.05, 0.1) is 34.3 Å². The van der Waals surface area contributed by atoms with Crippen molar-refractivity contribution in [1.29, 1.82) is 0 Å². The second-order valence-corrected chi connectivity index (χ2v) is 11.7. The van der Waals surface area contributed by atoms with Crippen LogP contribution in [0.25, 0.3) is 10.9 Å². The van der Waals surface area contributed by atoms with Crippen LogP contribution in [0, 0.1) is 6.92 Å². The van der Waals surface area contributed by atoms with Crippen molar-refractivity contribution in [2.75, 3.05) is 11.6 Å². The summed E-state index contributed by atoms with van der Waals surface area (Å²) in [5.41, 5.74) is 3.11. The highest BCUT2D eigenvalue weighted by molar-refractivity contribution is 7.90. The molecule has 0 saturated heterocycles. The van der Waals surface area contributed by atoms with Gasteiger partial charge < -0.3 is 10.1 Å². The highest BCUT2D eigenvalue weighted by Gasteiger charge is 2.34.